The van der Waals surface area contributed by atoms with Crippen molar-refractivity contribution in [1.82, 2.24) is 16.0 Å². The van der Waals surface area contributed by atoms with Crippen molar-refractivity contribution in [2.24, 2.45) is 0 Å². The lowest BCUT2D eigenvalue weighted by Crippen LogP contribution is -2.51. The van der Waals surface area contributed by atoms with Gasteiger partial charge in [-0.3, -0.25) is 9.59 Å². The largest absolute Gasteiger partial charge is 0.350 e. The molecule has 0 aromatic rings. The molecule has 102 valence electrons. The third kappa shape index (κ3) is 10.1. The Morgan fingerprint density at radius 1 is 1.24 bits per heavy atom. The number of hydrogen-bond acceptors (Lipinski definition) is 3. The summed E-state index contributed by atoms with van der Waals surface area (Å²) < 4.78 is 0. The molecular formula is C11H24ClN3O2. The van der Waals surface area contributed by atoms with Gasteiger partial charge in [-0.2, -0.15) is 0 Å². The minimum atomic E-state index is -0.497. The first-order valence-electron chi connectivity index (χ1n) is 5.52. The highest BCUT2D eigenvalue weighted by Crippen LogP contribution is 1.99. The zero-order valence-corrected chi connectivity index (χ0v) is 12.0. The molecule has 0 bridgehead atoms. The first-order chi connectivity index (χ1) is 7.26. The van der Waals surface area contributed by atoms with E-state index in [0.29, 0.717) is 13.0 Å². The van der Waals surface area contributed by atoms with Crippen LogP contribution >= 0.6 is 12.4 Å². The first-order valence-corrected chi connectivity index (χ1v) is 5.52. The molecule has 0 aliphatic carbocycles. The van der Waals surface area contributed by atoms with Gasteiger partial charge in [-0.05, 0) is 34.7 Å². The van der Waals surface area contributed by atoms with Crippen LogP contribution in [0.5, 0.6) is 0 Å². The van der Waals surface area contributed by atoms with Gasteiger partial charge in [0.05, 0.1) is 0 Å². The van der Waals surface area contributed by atoms with Crippen LogP contribution in [0.3, 0.4) is 0 Å². The number of carbonyl (C=O) groups excluding carboxylic acids is 2. The van der Waals surface area contributed by atoms with Gasteiger partial charge in [0.2, 0.25) is 11.8 Å². The van der Waals surface area contributed by atoms with E-state index in [1.165, 1.54) is 0 Å². The van der Waals surface area contributed by atoms with Gasteiger partial charge < -0.3 is 16.0 Å². The summed E-state index contributed by atoms with van der Waals surface area (Å²) in [6.07, 6.45) is 0.379. The van der Waals surface area contributed by atoms with Gasteiger partial charge in [-0.1, -0.05) is 0 Å². The fraction of sp³-hybridized carbons (Fsp3) is 0.818. The molecule has 3 N–H and O–H groups in total. The molecule has 0 aliphatic heterocycles. The lowest BCUT2D eigenvalue weighted by molar-refractivity contribution is -0.129. The van der Waals surface area contributed by atoms with E-state index in [2.05, 4.69) is 16.0 Å². The fourth-order valence-electron chi connectivity index (χ4n) is 1.10. The van der Waals surface area contributed by atoms with E-state index < -0.39 is 6.04 Å². The quantitative estimate of drug-likeness (QED) is 0.676. The van der Waals surface area contributed by atoms with Crippen LogP contribution in [0.4, 0.5) is 0 Å². The molecule has 0 saturated heterocycles. The summed E-state index contributed by atoms with van der Waals surface area (Å²) in [5.41, 5.74) is -0.277. The minimum Gasteiger partial charge on any atom is -0.350 e. The molecule has 0 rings (SSSR count). The zero-order valence-electron chi connectivity index (χ0n) is 11.2. The summed E-state index contributed by atoms with van der Waals surface area (Å²) in [7, 11) is 1.78. The summed E-state index contributed by atoms with van der Waals surface area (Å²) >= 11 is 0. The van der Waals surface area contributed by atoms with Crippen molar-refractivity contribution >= 4 is 24.2 Å². The number of amides is 2. The number of nitrogens with one attached hydrogen (secondary N) is 3. The van der Waals surface area contributed by atoms with Crippen LogP contribution in [0.25, 0.3) is 0 Å². The van der Waals surface area contributed by atoms with E-state index in [-0.39, 0.29) is 29.8 Å². The Kier molecular flexibility index (Phi) is 9.06. The van der Waals surface area contributed by atoms with Crippen molar-refractivity contribution in [2.75, 3.05) is 13.6 Å². The highest BCUT2D eigenvalue weighted by Gasteiger charge is 2.20. The van der Waals surface area contributed by atoms with Crippen molar-refractivity contribution in [3.63, 3.8) is 0 Å². The maximum Gasteiger partial charge on any atom is 0.242 e. The third-order valence-corrected chi connectivity index (χ3v) is 1.87. The topological polar surface area (TPSA) is 70.2 Å². The zero-order chi connectivity index (χ0) is 12.8. The van der Waals surface area contributed by atoms with E-state index in [0.717, 1.165) is 0 Å². The Bertz CT molecular complexity index is 252. The van der Waals surface area contributed by atoms with E-state index in [1.54, 1.807) is 14.0 Å². The number of carbonyl (C=O) groups is 2. The SMILES string of the molecule is CNCCC(=O)NC(C)C(=O)NC(C)(C)C.Cl. The van der Waals surface area contributed by atoms with Crippen molar-refractivity contribution in [3.05, 3.63) is 0 Å². The van der Waals surface area contributed by atoms with Crippen molar-refractivity contribution in [3.8, 4) is 0 Å². The van der Waals surface area contributed by atoms with Crippen molar-refractivity contribution < 1.29 is 9.59 Å². The Balaban J connectivity index is 0. The molecule has 1 unspecified atom stereocenters. The van der Waals surface area contributed by atoms with Gasteiger partial charge in [-0.25, -0.2) is 0 Å². The van der Waals surface area contributed by atoms with Gasteiger partial charge in [0.25, 0.3) is 0 Å². The van der Waals surface area contributed by atoms with E-state index in [9.17, 15) is 9.59 Å². The summed E-state index contributed by atoms with van der Waals surface area (Å²) in [4.78, 5) is 23.0. The number of halogens is 1. The first kappa shape index (κ1) is 18.6. The molecule has 6 heteroatoms. The molecule has 0 heterocycles. The molecule has 0 fully saturated rings. The second kappa shape index (κ2) is 8.31. The van der Waals surface area contributed by atoms with Crippen LogP contribution in [0.15, 0.2) is 0 Å². The Morgan fingerprint density at radius 2 is 1.76 bits per heavy atom. The lowest BCUT2D eigenvalue weighted by Gasteiger charge is -2.23. The van der Waals surface area contributed by atoms with Crippen LogP contribution in [0.2, 0.25) is 0 Å². The average molecular weight is 266 g/mol. The summed E-state index contributed by atoms with van der Waals surface area (Å²) in [6, 6.07) is -0.497. The smallest absolute Gasteiger partial charge is 0.242 e. The number of hydrogen-bond donors (Lipinski definition) is 3. The van der Waals surface area contributed by atoms with E-state index in [1.807, 2.05) is 20.8 Å². The highest BCUT2D eigenvalue weighted by molar-refractivity contribution is 5.87. The van der Waals surface area contributed by atoms with Crippen LogP contribution in [-0.4, -0.2) is 37.0 Å². The Hall–Kier alpha value is -0.810. The van der Waals surface area contributed by atoms with Gasteiger partial charge in [0, 0.05) is 18.5 Å². The molecule has 0 radical (unpaired) electrons. The standard InChI is InChI=1S/C11H23N3O2.ClH/c1-8(10(16)14-11(2,3)4)13-9(15)6-7-12-5;/h8,12H,6-7H2,1-5H3,(H,13,15)(H,14,16);1H. The predicted octanol–water partition coefficient (Wildman–Crippen LogP) is 0.437. The maximum atomic E-state index is 11.6. The molecule has 1 atom stereocenters. The van der Waals surface area contributed by atoms with Crippen LogP contribution in [-0.2, 0) is 9.59 Å². The van der Waals surface area contributed by atoms with Crippen molar-refractivity contribution in [2.45, 2.75) is 45.7 Å². The van der Waals surface area contributed by atoms with Crippen molar-refractivity contribution in [1.29, 1.82) is 0 Å². The van der Waals surface area contributed by atoms with Gasteiger partial charge >= 0.3 is 0 Å². The third-order valence-electron chi connectivity index (χ3n) is 1.87. The highest BCUT2D eigenvalue weighted by atomic mass is 35.5. The maximum absolute atomic E-state index is 11.6. The lowest BCUT2D eigenvalue weighted by atomic mass is 10.1. The van der Waals surface area contributed by atoms with Gasteiger partial charge in [0.15, 0.2) is 0 Å². The molecule has 0 spiro atoms. The molecule has 5 nitrogen and oxygen atoms in total. The van der Waals surface area contributed by atoms with E-state index >= 15 is 0 Å². The Labute approximate surface area is 110 Å². The average Bonchev–Trinajstić information content (AvgIpc) is 2.11. The summed E-state index contributed by atoms with van der Waals surface area (Å²) in [5.74, 6) is -0.281. The minimum absolute atomic E-state index is 0. The van der Waals surface area contributed by atoms with Gasteiger partial charge in [0.1, 0.15) is 6.04 Å². The molecule has 17 heavy (non-hydrogen) atoms. The molecular weight excluding hydrogens is 242 g/mol. The van der Waals surface area contributed by atoms with E-state index in [4.69, 9.17) is 0 Å². The normalized spacial score (nSPS) is 12.3. The second-order valence-corrected chi connectivity index (χ2v) is 4.88. The Morgan fingerprint density at radius 3 is 2.18 bits per heavy atom. The summed E-state index contributed by atoms with van der Waals surface area (Å²) in [5, 5.41) is 8.34. The van der Waals surface area contributed by atoms with Crippen LogP contribution in [0, 0.1) is 0 Å². The fourth-order valence-corrected chi connectivity index (χ4v) is 1.10. The molecule has 0 aliphatic rings. The molecule has 0 aromatic heterocycles. The molecule has 2 amide bonds. The monoisotopic (exact) mass is 265 g/mol. The summed E-state index contributed by atoms with van der Waals surface area (Å²) in [6.45, 7) is 8.00. The van der Waals surface area contributed by atoms with Crippen LogP contribution < -0.4 is 16.0 Å². The predicted molar refractivity (Wildman–Crippen MR) is 71.3 cm³/mol. The van der Waals surface area contributed by atoms with Gasteiger partial charge in [-0.15, -0.1) is 12.4 Å². The molecule has 0 aromatic carbocycles. The number of rotatable bonds is 5. The molecule has 0 saturated carbocycles. The van der Waals surface area contributed by atoms with Crippen LogP contribution in [0.1, 0.15) is 34.1 Å². The second-order valence-electron chi connectivity index (χ2n) is 4.88.